The Morgan fingerprint density at radius 3 is 1.80 bits per heavy atom. The first-order valence-electron chi connectivity index (χ1n) is 5.12. The molecule has 0 aliphatic carbocycles. The van der Waals surface area contributed by atoms with E-state index < -0.39 is 29.8 Å². The van der Waals surface area contributed by atoms with Crippen LogP contribution in [0.4, 0.5) is 0 Å². The maximum atomic E-state index is 11.3. The van der Waals surface area contributed by atoms with E-state index in [0.717, 1.165) is 12.2 Å². The van der Waals surface area contributed by atoms with Crippen LogP contribution in [0.15, 0.2) is 49.5 Å². The fourth-order valence-electron chi connectivity index (χ4n) is 0.666. The third-order valence-corrected chi connectivity index (χ3v) is 1.51. The van der Waals surface area contributed by atoms with Crippen LogP contribution < -0.4 is 0 Å². The highest BCUT2D eigenvalue weighted by molar-refractivity contribution is 5.97. The maximum absolute atomic E-state index is 11.3. The molecule has 0 aromatic heterocycles. The van der Waals surface area contributed by atoms with Gasteiger partial charge in [0.2, 0.25) is 0 Å². The van der Waals surface area contributed by atoms with Crippen molar-refractivity contribution in [2.75, 3.05) is 0 Å². The van der Waals surface area contributed by atoms with Crippen LogP contribution in [0.5, 0.6) is 0 Å². The highest BCUT2D eigenvalue weighted by Crippen LogP contribution is 2.06. The number of carbonyl (C=O) groups excluding carboxylic acids is 4. The smallest absolute Gasteiger partial charge is 0.345 e. The predicted molar refractivity (Wildman–Crippen MR) is 66.6 cm³/mol. The molecule has 0 unspecified atom stereocenters. The van der Waals surface area contributed by atoms with Crippen molar-refractivity contribution in [2.45, 2.75) is 6.92 Å². The van der Waals surface area contributed by atoms with Gasteiger partial charge in [0.25, 0.3) is 0 Å². The Bertz CT molecular complexity index is 511. The second-order valence-electron chi connectivity index (χ2n) is 3.20. The fraction of sp³-hybridized carbons (Fsp3) is 0.0769. The number of carbonyl (C=O) groups is 4. The zero-order valence-corrected chi connectivity index (χ0v) is 10.7. The van der Waals surface area contributed by atoms with E-state index in [9.17, 15) is 19.2 Å². The summed E-state index contributed by atoms with van der Waals surface area (Å²) in [5.41, 5.74) is 0.00101. The first-order valence-corrected chi connectivity index (χ1v) is 5.12. The molecule has 0 rings (SSSR count). The lowest BCUT2D eigenvalue weighted by atomic mass is 10.4. The Balaban J connectivity index is 5.03. The van der Waals surface area contributed by atoms with E-state index in [1.807, 2.05) is 0 Å². The summed E-state index contributed by atoms with van der Waals surface area (Å²) in [6.45, 7) is 10.9. The van der Waals surface area contributed by atoms with Gasteiger partial charge in [-0.3, -0.25) is 0 Å². The highest BCUT2D eigenvalue weighted by atomic mass is 16.7. The molecular formula is C13H12O7. The van der Waals surface area contributed by atoms with Crippen LogP contribution in [-0.2, 0) is 33.4 Å². The highest BCUT2D eigenvalue weighted by Gasteiger charge is 2.15. The number of hydrogen-bond donors (Lipinski definition) is 0. The first kappa shape index (κ1) is 17.0. The van der Waals surface area contributed by atoms with Crippen LogP contribution in [0.1, 0.15) is 6.92 Å². The van der Waals surface area contributed by atoms with E-state index in [4.69, 9.17) is 0 Å². The molecule has 0 saturated carbocycles. The van der Waals surface area contributed by atoms with Gasteiger partial charge in [-0.15, -0.1) is 0 Å². The average Bonchev–Trinajstić information content (AvgIpc) is 2.37. The van der Waals surface area contributed by atoms with E-state index >= 15 is 0 Å². The van der Waals surface area contributed by atoms with E-state index in [1.165, 1.54) is 6.92 Å². The third kappa shape index (κ3) is 6.70. The molecule has 0 atom stereocenters. The first-order chi connectivity index (χ1) is 9.29. The zero-order chi connectivity index (χ0) is 15.7. The Kier molecular flexibility index (Phi) is 6.98. The molecule has 0 aliphatic heterocycles. The van der Waals surface area contributed by atoms with Crippen molar-refractivity contribution < 1.29 is 33.4 Å². The maximum Gasteiger partial charge on any atom is 0.345 e. The number of ether oxygens (including phenoxy) is 3. The van der Waals surface area contributed by atoms with Gasteiger partial charge in [0.1, 0.15) is 6.08 Å². The summed E-state index contributed by atoms with van der Waals surface area (Å²) in [4.78, 5) is 44.3. The Morgan fingerprint density at radius 1 is 0.850 bits per heavy atom. The van der Waals surface area contributed by atoms with Gasteiger partial charge in [0, 0.05) is 17.7 Å². The average molecular weight is 280 g/mol. The van der Waals surface area contributed by atoms with E-state index in [2.05, 4.69) is 33.9 Å². The Labute approximate surface area is 114 Å². The number of rotatable bonds is 6. The summed E-state index contributed by atoms with van der Waals surface area (Å²) >= 11 is 0. The Morgan fingerprint density at radius 2 is 1.35 bits per heavy atom. The molecule has 0 amide bonds. The molecule has 0 spiro atoms. The summed E-state index contributed by atoms with van der Waals surface area (Å²) in [5.74, 6) is -4.92. The molecule has 0 aromatic carbocycles. The van der Waals surface area contributed by atoms with Gasteiger partial charge in [-0.2, -0.15) is 0 Å². The largest absolute Gasteiger partial charge is 0.389 e. The zero-order valence-electron chi connectivity index (χ0n) is 10.7. The lowest BCUT2D eigenvalue weighted by Crippen LogP contribution is -2.14. The van der Waals surface area contributed by atoms with E-state index in [1.54, 1.807) is 0 Å². The minimum Gasteiger partial charge on any atom is -0.389 e. The fourth-order valence-corrected chi connectivity index (χ4v) is 0.666. The van der Waals surface area contributed by atoms with Crippen molar-refractivity contribution in [3.05, 3.63) is 49.5 Å². The second-order valence-corrected chi connectivity index (χ2v) is 3.20. The summed E-state index contributed by atoms with van der Waals surface area (Å²) in [6.07, 6.45) is 2.04. The monoisotopic (exact) mass is 280 g/mol. The van der Waals surface area contributed by atoms with Crippen molar-refractivity contribution >= 4 is 23.9 Å². The van der Waals surface area contributed by atoms with Gasteiger partial charge in [0.15, 0.2) is 0 Å². The quantitative estimate of drug-likeness (QED) is 0.309. The van der Waals surface area contributed by atoms with Crippen LogP contribution in [-0.4, -0.2) is 23.9 Å². The van der Waals surface area contributed by atoms with Crippen LogP contribution in [0, 0.1) is 0 Å². The molecule has 0 saturated heterocycles. The molecule has 0 radical (unpaired) electrons. The minimum atomic E-state index is -1.21. The second kappa shape index (κ2) is 8.20. The van der Waals surface area contributed by atoms with Gasteiger partial charge in [-0.25, -0.2) is 19.2 Å². The van der Waals surface area contributed by atoms with Crippen LogP contribution >= 0.6 is 0 Å². The van der Waals surface area contributed by atoms with E-state index in [0.29, 0.717) is 6.08 Å². The van der Waals surface area contributed by atoms with Gasteiger partial charge < -0.3 is 14.2 Å². The molecule has 0 bridgehead atoms. The van der Waals surface area contributed by atoms with Crippen molar-refractivity contribution in [1.29, 1.82) is 0 Å². The summed E-state index contributed by atoms with van der Waals surface area (Å²) in [5, 5.41) is 0. The normalized spacial score (nSPS) is 9.95. The predicted octanol–water partition coefficient (Wildman–Crippen LogP) is 0.932. The third-order valence-electron chi connectivity index (χ3n) is 1.51. The molecule has 0 fully saturated rings. The van der Waals surface area contributed by atoms with E-state index in [-0.39, 0.29) is 5.57 Å². The molecule has 7 nitrogen and oxygen atoms in total. The van der Waals surface area contributed by atoms with Gasteiger partial charge in [0.05, 0.1) is 0 Å². The van der Waals surface area contributed by atoms with Crippen LogP contribution in [0.25, 0.3) is 0 Å². The summed E-state index contributed by atoms with van der Waals surface area (Å²) in [7, 11) is 0. The van der Waals surface area contributed by atoms with Gasteiger partial charge in [-0.1, -0.05) is 19.7 Å². The van der Waals surface area contributed by atoms with Crippen molar-refractivity contribution in [1.82, 2.24) is 0 Å². The molecule has 0 aromatic rings. The summed E-state index contributed by atoms with van der Waals surface area (Å²) in [6, 6.07) is 0. The molecule has 0 aliphatic rings. The topological polar surface area (TPSA) is 96.0 Å². The van der Waals surface area contributed by atoms with Crippen LogP contribution in [0.3, 0.4) is 0 Å². The van der Waals surface area contributed by atoms with Crippen molar-refractivity contribution in [3.63, 3.8) is 0 Å². The summed E-state index contributed by atoms with van der Waals surface area (Å²) < 4.78 is 13.2. The van der Waals surface area contributed by atoms with Crippen molar-refractivity contribution in [3.8, 4) is 0 Å². The van der Waals surface area contributed by atoms with Gasteiger partial charge >= 0.3 is 29.8 Å². The van der Waals surface area contributed by atoms with Crippen LogP contribution in [0.2, 0.25) is 0 Å². The molecule has 0 heterocycles. The Hall–Kier alpha value is -2.96. The number of esters is 4. The lowest BCUT2D eigenvalue weighted by Gasteiger charge is -2.07. The van der Waals surface area contributed by atoms with Crippen molar-refractivity contribution in [2.24, 2.45) is 0 Å². The molecule has 0 N–H and O–H groups in total. The molecule has 7 heteroatoms. The minimum absolute atomic E-state index is 0.00101. The lowest BCUT2D eigenvalue weighted by molar-refractivity contribution is -0.153. The molecule has 106 valence electrons. The molecule has 20 heavy (non-hydrogen) atoms. The molecular weight excluding hydrogens is 268 g/mol. The van der Waals surface area contributed by atoms with Gasteiger partial charge in [-0.05, 0) is 6.92 Å². The number of hydrogen-bond acceptors (Lipinski definition) is 7. The standard InChI is InChI=1S/C13H12O7/c1-5-9(14)18-11(16)7-12(19-10(15)6-2)20-13(17)8(3)4/h5-7H,1-3H2,4H3. The SMILES string of the molecule is C=CC(=O)OC(=O)C=C(OC(=O)C=C)OC(=O)C(=C)C.